The first-order chi connectivity index (χ1) is 12.6. The molecule has 1 saturated heterocycles. The van der Waals surface area contributed by atoms with Gasteiger partial charge in [0.15, 0.2) is 0 Å². The molecular weight excluding hydrogens is 370 g/mol. The van der Waals surface area contributed by atoms with E-state index >= 15 is 0 Å². The number of amides is 2. The van der Waals surface area contributed by atoms with Gasteiger partial charge in [0.05, 0.1) is 10.6 Å². The molecule has 1 aliphatic heterocycles. The molecule has 0 aromatic heterocycles. The molecule has 1 aromatic carbocycles. The van der Waals surface area contributed by atoms with Crippen molar-refractivity contribution in [1.82, 2.24) is 10.6 Å². The van der Waals surface area contributed by atoms with E-state index in [0.29, 0.717) is 22.7 Å². The third-order valence-corrected chi connectivity index (χ3v) is 6.33. The van der Waals surface area contributed by atoms with Crippen molar-refractivity contribution in [2.24, 2.45) is 0 Å². The van der Waals surface area contributed by atoms with E-state index in [0.717, 1.165) is 43.7 Å². The number of hydrogen-bond acceptors (Lipinski definition) is 4. The first-order valence-electron chi connectivity index (χ1n) is 9.33. The number of hydrogen-bond donors (Lipinski definition) is 3. The Hall–Kier alpha value is -1.24. The Kier molecular flexibility index (Phi) is 7.23. The molecule has 1 aliphatic carbocycles. The van der Waals surface area contributed by atoms with Gasteiger partial charge in [0.1, 0.15) is 0 Å². The predicted octanol–water partition coefficient (Wildman–Crippen LogP) is 3.44. The molecule has 1 saturated carbocycles. The highest BCUT2D eigenvalue weighted by atomic mass is 35.5. The molecule has 2 fully saturated rings. The van der Waals surface area contributed by atoms with Crippen LogP contribution in [0.15, 0.2) is 18.2 Å². The second-order valence-corrected chi connectivity index (χ2v) is 8.54. The molecule has 3 rings (SSSR count). The lowest BCUT2D eigenvalue weighted by Gasteiger charge is -2.23. The van der Waals surface area contributed by atoms with E-state index in [9.17, 15) is 9.59 Å². The second kappa shape index (κ2) is 9.62. The van der Waals surface area contributed by atoms with Crippen molar-refractivity contribution in [3.63, 3.8) is 0 Å². The molecule has 1 unspecified atom stereocenters. The Labute approximate surface area is 164 Å². The van der Waals surface area contributed by atoms with Crippen LogP contribution in [-0.4, -0.2) is 41.9 Å². The molecule has 2 amide bonds. The van der Waals surface area contributed by atoms with Crippen molar-refractivity contribution in [3.8, 4) is 0 Å². The van der Waals surface area contributed by atoms with Crippen LogP contribution < -0.4 is 16.0 Å². The number of thioether (sulfide) groups is 1. The molecule has 142 valence electrons. The van der Waals surface area contributed by atoms with Crippen LogP contribution in [0.25, 0.3) is 0 Å². The molecule has 5 nitrogen and oxygen atoms in total. The molecule has 26 heavy (non-hydrogen) atoms. The van der Waals surface area contributed by atoms with Crippen LogP contribution in [0.4, 0.5) is 5.69 Å². The van der Waals surface area contributed by atoms with Crippen LogP contribution in [0.3, 0.4) is 0 Å². The van der Waals surface area contributed by atoms with Gasteiger partial charge in [-0.1, -0.05) is 30.9 Å². The quantitative estimate of drug-likeness (QED) is 0.714. The third-order valence-electron chi connectivity index (χ3n) is 4.87. The molecule has 0 bridgehead atoms. The minimum absolute atomic E-state index is 0.0500. The Balaban J connectivity index is 1.59. The SMILES string of the molecule is O=C(CC1CSCCN1)Nc1ccc(Cl)c(C(=O)NC2CCCCC2)c1. The largest absolute Gasteiger partial charge is 0.349 e. The van der Waals surface area contributed by atoms with E-state index in [2.05, 4.69) is 16.0 Å². The van der Waals surface area contributed by atoms with Crippen LogP contribution >= 0.6 is 23.4 Å². The lowest BCUT2D eigenvalue weighted by Crippen LogP contribution is -2.40. The fourth-order valence-corrected chi connectivity index (χ4v) is 4.63. The van der Waals surface area contributed by atoms with Crippen molar-refractivity contribution >= 4 is 40.9 Å². The van der Waals surface area contributed by atoms with Crippen molar-refractivity contribution in [2.75, 3.05) is 23.4 Å². The molecule has 1 heterocycles. The highest BCUT2D eigenvalue weighted by Crippen LogP contribution is 2.23. The van der Waals surface area contributed by atoms with Gasteiger partial charge in [0.25, 0.3) is 5.91 Å². The Morgan fingerprint density at radius 1 is 1.23 bits per heavy atom. The number of carbonyl (C=O) groups is 2. The number of nitrogens with one attached hydrogen (secondary N) is 3. The Morgan fingerprint density at radius 3 is 2.77 bits per heavy atom. The topological polar surface area (TPSA) is 70.2 Å². The van der Waals surface area contributed by atoms with Crippen molar-refractivity contribution in [2.45, 2.75) is 50.6 Å². The van der Waals surface area contributed by atoms with Gasteiger partial charge in [0.2, 0.25) is 5.91 Å². The summed E-state index contributed by atoms with van der Waals surface area (Å²) in [6.07, 6.45) is 6.02. The first kappa shape index (κ1) is 19.5. The van der Waals surface area contributed by atoms with Gasteiger partial charge in [-0.05, 0) is 31.0 Å². The van der Waals surface area contributed by atoms with Gasteiger partial charge < -0.3 is 16.0 Å². The lowest BCUT2D eigenvalue weighted by molar-refractivity contribution is -0.116. The maximum atomic E-state index is 12.6. The summed E-state index contributed by atoms with van der Waals surface area (Å²) in [6.45, 7) is 0.940. The summed E-state index contributed by atoms with van der Waals surface area (Å²) in [7, 11) is 0. The van der Waals surface area contributed by atoms with Gasteiger partial charge in [-0.3, -0.25) is 9.59 Å². The number of rotatable bonds is 5. The van der Waals surface area contributed by atoms with E-state index in [4.69, 9.17) is 11.6 Å². The van der Waals surface area contributed by atoms with Gasteiger partial charge >= 0.3 is 0 Å². The molecule has 3 N–H and O–H groups in total. The van der Waals surface area contributed by atoms with E-state index in [-0.39, 0.29) is 23.9 Å². The maximum absolute atomic E-state index is 12.6. The second-order valence-electron chi connectivity index (χ2n) is 6.98. The average Bonchev–Trinajstić information content (AvgIpc) is 2.65. The minimum atomic E-state index is -0.164. The summed E-state index contributed by atoms with van der Waals surface area (Å²) in [5.41, 5.74) is 1.03. The van der Waals surface area contributed by atoms with Crippen LogP contribution in [0.5, 0.6) is 0 Å². The zero-order valence-corrected chi connectivity index (χ0v) is 16.4. The summed E-state index contributed by atoms with van der Waals surface area (Å²) in [5.74, 6) is 1.83. The number of anilines is 1. The van der Waals surface area contributed by atoms with E-state index in [1.165, 1.54) is 6.42 Å². The fourth-order valence-electron chi connectivity index (χ4n) is 3.47. The maximum Gasteiger partial charge on any atom is 0.253 e. The number of carbonyl (C=O) groups excluding carboxylic acids is 2. The molecule has 0 spiro atoms. The first-order valence-corrected chi connectivity index (χ1v) is 10.9. The summed E-state index contributed by atoms with van der Waals surface area (Å²) in [5, 5.41) is 9.72. The molecule has 2 aliphatic rings. The smallest absolute Gasteiger partial charge is 0.253 e. The van der Waals surface area contributed by atoms with Crippen LogP contribution in [-0.2, 0) is 4.79 Å². The predicted molar refractivity (Wildman–Crippen MR) is 108 cm³/mol. The molecule has 1 atom stereocenters. The van der Waals surface area contributed by atoms with E-state index in [1.807, 2.05) is 11.8 Å². The minimum Gasteiger partial charge on any atom is -0.349 e. The summed E-state index contributed by atoms with van der Waals surface area (Å²) in [4.78, 5) is 24.8. The standard InChI is InChI=1S/C19H26ClN3O2S/c20-17-7-6-14(22-18(24)11-15-12-26-9-8-21-15)10-16(17)19(25)23-13-4-2-1-3-5-13/h6-7,10,13,15,21H,1-5,8-9,11-12H2,(H,22,24)(H,23,25). The van der Waals surface area contributed by atoms with Gasteiger partial charge in [0, 0.05) is 42.2 Å². The zero-order valence-electron chi connectivity index (χ0n) is 14.9. The lowest BCUT2D eigenvalue weighted by atomic mass is 9.95. The van der Waals surface area contributed by atoms with Gasteiger partial charge in [-0.2, -0.15) is 11.8 Å². The number of benzene rings is 1. The highest BCUT2D eigenvalue weighted by Gasteiger charge is 2.20. The fraction of sp³-hybridized carbons (Fsp3) is 0.579. The molecular formula is C19H26ClN3O2S. The normalized spacial score (nSPS) is 21.2. The van der Waals surface area contributed by atoms with Gasteiger partial charge in [-0.25, -0.2) is 0 Å². The van der Waals surface area contributed by atoms with Gasteiger partial charge in [-0.15, -0.1) is 0 Å². The molecule has 0 radical (unpaired) electrons. The van der Waals surface area contributed by atoms with Crippen LogP contribution in [0.1, 0.15) is 48.9 Å². The number of halogens is 1. The Morgan fingerprint density at radius 2 is 2.04 bits per heavy atom. The zero-order chi connectivity index (χ0) is 18.4. The van der Waals surface area contributed by atoms with Crippen molar-refractivity contribution < 1.29 is 9.59 Å². The van der Waals surface area contributed by atoms with Crippen molar-refractivity contribution in [1.29, 1.82) is 0 Å². The highest BCUT2D eigenvalue weighted by molar-refractivity contribution is 7.99. The summed E-state index contributed by atoms with van der Waals surface area (Å²) >= 11 is 8.08. The van der Waals surface area contributed by atoms with E-state index in [1.54, 1.807) is 18.2 Å². The van der Waals surface area contributed by atoms with Crippen molar-refractivity contribution in [3.05, 3.63) is 28.8 Å². The summed E-state index contributed by atoms with van der Waals surface area (Å²) in [6, 6.07) is 5.50. The van der Waals surface area contributed by atoms with Crippen LogP contribution in [0.2, 0.25) is 5.02 Å². The summed E-state index contributed by atoms with van der Waals surface area (Å²) < 4.78 is 0. The third kappa shape index (κ3) is 5.63. The Bertz CT molecular complexity index is 644. The molecule has 1 aromatic rings. The monoisotopic (exact) mass is 395 g/mol. The van der Waals surface area contributed by atoms with E-state index < -0.39 is 0 Å². The average molecular weight is 396 g/mol. The molecule has 7 heteroatoms. The van der Waals surface area contributed by atoms with Crippen LogP contribution in [0, 0.1) is 0 Å².